The second kappa shape index (κ2) is 8.08. The average molecular weight is 322 g/mol. The topological polar surface area (TPSA) is 67.4 Å². The predicted octanol–water partition coefficient (Wildman–Crippen LogP) is 1.83. The zero-order valence-electron chi connectivity index (χ0n) is 12.9. The molecule has 1 saturated carbocycles. The molecule has 1 aromatic rings. The number of thioether (sulfide) groups is 1. The van der Waals surface area contributed by atoms with Gasteiger partial charge in [0.1, 0.15) is 11.8 Å². The van der Waals surface area contributed by atoms with Crippen LogP contribution in [-0.2, 0) is 4.79 Å². The van der Waals surface area contributed by atoms with Crippen LogP contribution in [0, 0.1) is 0 Å². The summed E-state index contributed by atoms with van der Waals surface area (Å²) in [5, 5.41) is 5.79. The van der Waals surface area contributed by atoms with Gasteiger partial charge in [0.15, 0.2) is 0 Å². The van der Waals surface area contributed by atoms with Gasteiger partial charge < -0.3 is 15.4 Å². The number of ether oxygens (including phenoxy) is 1. The number of hydrogen-bond acceptors (Lipinski definition) is 4. The number of amides is 2. The van der Waals surface area contributed by atoms with Crippen LogP contribution in [0.5, 0.6) is 5.75 Å². The van der Waals surface area contributed by atoms with E-state index in [4.69, 9.17) is 4.74 Å². The van der Waals surface area contributed by atoms with Crippen LogP contribution >= 0.6 is 11.8 Å². The monoisotopic (exact) mass is 322 g/mol. The molecule has 120 valence electrons. The number of rotatable bonds is 8. The lowest BCUT2D eigenvalue weighted by Gasteiger charge is -2.18. The summed E-state index contributed by atoms with van der Waals surface area (Å²) in [5.41, 5.74) is 0.522. The maximum atomic E-state index is 12.3. The van der Waals surface area contributed by atoms with Crippen LogP contribution in [0.3, 0.4) is 0 Å². The Balaban J connectivity index is 1.97. The fraction of sp³-hybridized carbons (Fsp3) is 0.500. The van der Waals surface area contributed by atoms with Crippen molar-refractivity contribution < 1.29 is 14.3 Å². The van der Waals surface area contributed by atoms with E-state index in [2.05, 4.69) is 10.6 Å². The third kappa shape index (κ3) is 4.94. The largest absolute Gasteiger partial charge is 0.497 e. The lowest BCUT2D eigenvalue weighted by Crippen LogP contribution is -2.47. The molecule has 0 spiro atoms. The van der Waals surface area contributed by atoms with Crippen LogP contribution in [0.15, 0.2) is 24.3 Å². The minimum Gasteiger partial charge on any atom is -0.497 e. The third-order valence-corrected chi connectivity index (χ3v) is 4.15. The van der Waals surface area contributed by atoms with E-state index in [1.165, 1.54) is 0 Å². The number of methoxy groups -OCH3 is 1. The standard InChI is InChI=1S/C16H22N2O3S/c1-21-13-7-3-11(4-8-13)15(19)18-14(9-10-22-2)16(20)17-12-5-6-12/h3-4,7-8,12,14H,5-6,9-10H2,1-2H3,(H,17,20)(H,18,19)/t14-/m1/s1. The van der Waals surface area contributed by atoms with Gasteiger partial charge in [-0.15, -0.1) is 0 Å². The van der Waals surface area contributed by atoms with Crippen LogP contribution in [0.2, 0.25) is 0 Å². The normalized spacial score (nSPS) is 15.0. The Morgan fingerprint density at radius 3 is 2.55 bits per heavy atom. The molecule has 0 aliphatic heterocycles. The number of carbonyl (C=O) groups excluding carboxylic acids is 2. The number of carbonyl (C=O) groups is 2. The van der Waals surface area contributed by atoms with Crippen molar-refractivity contribution in [3.8, 4) is 5.75 Å². The molecule has 0 unspecified atom stereocenters. The molecule has 0 saturated heterocycles. The van der Waals surface area contributed by atoms with Crippen LogP contribution in [0.4, 0.5) is 0 Å². The summed E-state index contributed by atoms with van der Waals surface area (Å²) in [6.07, 6.45) is 4.68. The molecule has 1 aliphatic rings. The SMILES string of the molecule is COc1ccc(C(=O)N[C@H](CCSC)C(=O)NC2CC2)cc1. The van der Waals surface area contributed by atoms with Crippen molar-refractivity contribution in [1.29, 1.82) is 0 Å². The van der Waals surface area contributed by atoms with Crippen LogP contribution in [0.1, 0.15) is 29.6 Å². The summed E-state index contributed by atoms with van der Waals surface area (Å²) in [6.45, 7) is 0. The highest BCUT2D eigenvalue weighted by Gasteiger charge is 2.28. The van der Waals surface area contributed by atoms with Gasteiger partial charge in [-0.1, -0.05) is 0 Å². The quantitative estimate of drug-likeness (QED) is 0.766. The minimum absolute atomic E-state index is 0.0848. The number of hydrogen-bond donors (Lipinski definition) is 2. The van der Waals surface area contributed by atoms with Gasteiger partial charge in [-0.25, -0.2) is 0 Å². The minimum atomic E-state index is -0.484. The van der Waals surface area contributed by atoms with E-state index in [1.807, 2.05) is 6.26 Å². The Labute approximate surface area is 135 Å². The van der Waals surface area contributed by atoms with Crippen molar-refractivity contribution in [3.05, 3.63) is 29.8 Å². The summed E-state index contributed by atoms with van der Waals surface area (Å²) < 4.78 is 5.07. The van der Waals surface area contributed by atoms with Crippen molar-refractivity contribution >= 4 is 23.6 Å². The summed E-state index contributed by atoms with van der Waals surface area (Å²) in [6, 6.07) is 6.66. The lowest BCUT2D eigenvalue weighted by atomic mass is 10.1. The summed E-state index contributed by atoms with van der Waals surface area (Å²) in [5.74, 6) is 1.20. The van der Waals surface area contributed by atoms with E-state index in [1.54, 1.807) is 43.1 Å². The van der Waals surface area contributed by atoms with Gasteiger partial charge in [0.2, 0.25) is 5.91 Å². The summed E-state index contributed by atoms with van der Waals surface area (Å²) in [4.78, 5) is 24.5. The van der Waals surface area contributed by atoms with E-state index in [9.17, 15) is 9.59 Å². The molecule has 2 amide bonds. The molecule has 1 atom stereocenters. The Kier molecular flexibility index (Phi) is 6.12. The molecule has 2 rings (SSSR count). The molecule has 1 aliphatic carbocycles. The molecular weight excluding hydrogens is 300 g/mol. The van der Waals surface area contributed by atoms with Gasteiger partial charge in [0.25, 0.3) is 5.91 Å². The van der Waals surface area contributed by atoms with Crippen molar-refractivity contribution in [2.24, 2.45) is 0 Å². The molecule has 0 radical (unpaired) electrons. The summed E-state index contributed by atoms with van der Waals surface area (Å²) in [7, 11) is 1.58. The first-order chi connectivity index (χ1) is 10.6. The predicted molar refractivity (Wildman–Crippen MR) is 88.4 cm³/mol. The van der Waals surface area contributed by atoms with Crippen LogP contribution in [0.25, 0.3) is 0 Å². The number of benzene rings is 1. The van der Waals surface area contributed by atoms with Gasteiger partial charge >= 0.3 is 0 Å². The highest BCUT2D eigenvalue weighted by molar-refractivity contribution is 7.98. The van der Waals surface area contributed by atoms with Gasteiger partial charge in [-0.2, -0.15) is 11.8 Å². The second-order valence-electron chi connectivity index (χ2n) is 5.32. The lowest BCUT2D eigenvalue weighted by molar-refractivity contribution is -0.123. The van der Waals surface area contributed by atoms with E-state index >= 15 is 0 Å². The number of nitrogens with one attached hydrogen (secondary N) is 2. The second-order valence-corrected chi connectivity index (χ2v) is 6.30. The van der Waals surface area contributed by atoms with E-state index < -0.39 is 6.04 Å². The van der Waals surface area contributed by atoms with Crippen LogP contribution < -0.4 is 15.4 Å². The van der Waals surface area contributed by atoms with Gasteiger partial charge in [0, 0.05) is 11.6 Å². The van der Waals surface area contributed by atoms with Crippen molar-refractivity contribution in [3.63, 3.8) is 0 Å². The van der Waals surface area contributed by atoms with E-state index in [0.29, 0.717) is 23.8 Å². The summed E-state index contributed by atoms with van der Waals surface area (Å²) >= 11 is 1.66. The maximum absolute atomic E-state index is 12.3. The molecule has 1 fully saturated rings. The van der Waals surface area contributed by atoms with Gasteiger partial charge in [-0.3, -0.25) is 9.59 Å². The average Bonchev–Trinajstić information content (AvgIpc) is 3.35. The first-order valence-electron chi connectivity index (χ1n) is 7.38. The zero-order valence-corrected chi connectivity index (χ0v) is 13.7. The highest BCUT2D eigenvalue weighted by Crippen LogP contribution is 2.19. The van der Waals surface area contributed by atoms with E-state index in [-0.39, 0.29) is 11.8 Å². The first kappa shape index (κ1) is 16.7. The Hall–Kier alpha value is -1.69. The zero-order chi connectivity index (χ0) is 15.9. The molecule has 6 heteroatoms. The fourth-order valence-electron chi connectivity index (χ4n) is 2.02. The fourth-order valence-corrected chi connectivity index (χ4v) is 2.49. The van der Waals surface area contributed by atoms with Crippen molar-refractivity contribution in [2.75, 3.05) is 19.1 Å². The molecule has 1 aromatic carbocycles. The smallest absolute Gasteiger partial charge is 0.251 e. The van der Waals surface area contributed by atoms with Crippen LogP contribution in [-0.4, -0.2) is 43.0 Å². The Bertz CT molecular complexity index is 515. The maximum Gasteiger partial charge on any atom is 0.251 e. The Morgan fingerprint density at radius 1 is 1.32 bits per heavy atom. The molecule has 0 aromatic heterocycles. The third-order valence-electron chi connectivity index (χ3n) is 3.51. The Morgan fingerprint density at radius 2 is 2.00 bits per heavy atom. The molecule has 2 N–H and O–H groups in total. The molecular formula is C16H22N2O3S. The van der Waals surface area contributed by atoms with Gasteiger partial charge in [-0.05, 0) is 55.5 Å². The molecule has 0 bridgehead atoms. The van der Waals surface area contributed by atoms with E-state index in [0.717, 1.165) is 18.6 Å². The molecule has 0 heterocycles. The van der Waals surface area contributed by atoms with Crippen molar-refractivity contribution in [1.82, 2.24) is 10.6 Å². The highest BCUT2D eigenvalue weighted by atomic mass is 32.2. The van der Waals surface area contributed by atoms with Crippen molar-refractivity contribution in [2.45, 2.75) is 31.3 Å². The first-order valence-corrected chi connectivity index (χ1v) is 8.77. The molecule has 5 nitrogen and oxygen atoms in total. The van der Waals surface area contributed by atoms with Gasteiger partial charge in [0.05, 0.1) is 7.11 Å². The molecule has 22 heavy (non-hydrogen) atoms.